The van der Waals surface area contributed by atoms with Gasteiger partial charge in [0, 0.05) is 39.9 Å². The second-order valence-electron chi connectivity index (χ2n) is 10.6. The third-order valence-corrected chi connectivity index (χ3v) is 5.90. The fourth-order valence-electron chi connectivity index (χ4n) is 2.93. The summed E-state index contributed by atoms with van der Waals surface area (Å²) in [6, 6.07) is 0. The molecular formula is C27H44N24O5. The molecule has 2 aliphatic heterocycles. The standard InChI is InChI=1S/C6H9NO.C4H7N3.2C4H6N2O.C3H4N4O.C2H4N4O.2C2H4N4/c1-4-3-7-6(8)5(4)2;1-3-5-4(2)7-6-3;1-3-4(7)6-2-5-3;1-3-5-6-4(2)7-3;1-2(8)3-4-6-7-5-3;1-6-2(7)3-4-5-6;2*1-2-3-5-6-4-2/h3H2,1-2H3,(H,7,8);1-2H3,(H,5,6,7);2H2,1H3,(H,6,7);1-2H3;1H3,(H,4,5,6,7);1H3,(H,3,5,7);2*1H3,(H,3,4,5,6). The molecule has 7 N–H and O–H groups in total. The van der Waals surface area contributed by atoms with Crippen molar-refractivity contribution in [2.45, 2.75) is 69.2 Å². The topological polar surface area (TPSA) is 395 Å². The highest BCUT2D eigenvalue weighted by molar-refractivity contribution is 6.39. The first-order valence-corrected chi connectivity index (χ1v) is 15.9. The van der Waals surface area contributed by atoms with Gasteiger partial charge in [-0.05, 0) is 69.7 Å². The van der Waals surface area contributed by atoms with Gasteiger partial charge >= 0.3 is 5.69 Å². The van der Waals surface area contributed by atoms with Crippen molar-refractivity contribution in [2.24, 2.45) is 12.0 Å². The number of hydrogen-bond donors (Lipinski definition) is 7. The first-order valence-electron chi connectivity index (χ1n) is 15.9. The van der Waals surface area contributed by atoms with Gasteiger partial charge in [0.2, 0.25) is 29.3 Å². The van der Waals surface area contributed by atoms with Crippen molar-refractivity contribution >= 4 is 23.3 Å². The lowest BCUT2D eigenvalue weighted by atomic mass is 10.2. The molecule has 0 fully saturated rings. The number of H-pyrrole nitrogens is 5. The van der Waals surface area contributed by atoms with Crippen LogP contribution in [0.15, 0.2) is 25.4 Å². The minimum Gasteiger partial charge on any atom is -0.426 e. The Morgan fingerprint density at radius 3 is 1.38 bits per heavy atom. The van der Waals surface area contributed by atoms with Crippen molar-refractivity contribution < 1.29 is 18.8 Å². The summed E-state index contributed by atoms with van der Waals surface area (Å²) in [5, 5.41) is 65.2. The minimum absolute atomic E-state index is 0.0417. The zero-order chi connectivity index (χ0) is 42.0. The second-order valence-corrected chi connectivity index (χ2v) is 10.6. The van der Waals surface area contributed by atoms with Gasteiger partial charge < -0.3 is 15.1 Å². The molecule has 29 heteroatoms. The lowest BCUT2D eigenvalue weighted by Gasteiger charge is -1.85. The fourth-order valence-corrected chi connectivity index (χ4v) is 2.93. The number of tetrazole rings is 4. The van der Waals surface area contributed by atoms with Gasteiger partial charge in [-0.15, -0.1) is 40.8 Å². The van der Waals surface area contributed by atoms with Gasteiger partial charge in [0.1, 0.15) is 18.3 Å². The van der Waals surface area contributed by atoms with Crippen molar-refractivity contribution in [3.8, 4) is 0 Å². The van der Waals surface area contributed by atoms with E-state index in [9.17, 15) is 19.2 Å². The molecule has 6 aromatic heterocycles. The predicted molar refractivity (Wildman–Crippen MR) is 191 cm³/mol. The number of carbonyl (C=O) groups excluding carboxylic acids is 3. The van der Waals surface area contributed by atoms with Crippen LogP contribution in [0.3, 0.4) is 0 Å². The van der Waals surface area contributed by atoms with Crippen molar-refractivity contribution in [1.29, 1.82) is 0 Å². The molecule has 0 saturated carbocycles. The summed E-state index contributed by atoms with van der Waals surface area (Å²) >= 11 is 0. The Bertz CT molecular complexity index is 2000. The largest absolute Gasteiger partial charge is 0.426 e. The molecule has 302 valence electrons. The van der Waals surface area contributed by atoms with Gasteiger partial charge in [0.15, 0.2) is 11.6 Å². The van der Waals surface area contributed by atoms with Crippen molar-refractivity contribution in [3.63, 3.8) is 0 Å². The van der Waals surface area contributed by atoms with Crippen molar-refractivity contribution in [2.75, 3.05) is 13.2 Å². The molecular weight excluding hydrogens is 740 g/mol. The molecule has 29 nitrogen and oxygen atoms in total. The maximum Gasteiger partial charge on any atom is 0.360 e. The number of carbonyl (C=O) groups is 3. The molecule has 56 heavy (non-hydrogen) atoms. The van der Waals surface area contributed by atoms with Gasteiger partial charge in [0.25, 0.3) is 5.91 Å². The molecule has 0 bridgehead atoms. The Labute approximate surface area is 317 Å². The second kappa shape index (κ2) is 25.4. The average molecular weight is 785 g/mol. The van der Waals surface area contributed by atoms with E-state index in [2.05, 4.69) is 118 Å². The first-order chi connectivity index (χ1) is 26.5. The summed E-state index contributed by atoms with van der Waals surface area (Å²) < 4.78 is 5.97. The number of rotatable bonds is 1. The van der Waals surface area contributed by atoms with Crippen LogP contribution in [-0.2, 0) is 16.6 Å². The smallest absolute Gasteiger partial charge is 0.360 e. The van der Waals surface area contributed by atoms with E-state index in [1.54, 1.807) is 34.6 Å². The third-order valence-electron chi connectivity index (χ3n) is 5.90. The maximum atomic E-state index is 10.6. The number of nitrogens with zero attached hydrogens (tertiary/aromatic N) is 17. The van der Waals surface area contributed by atoms with Crippen LogP contribution in [0.4, 0.5) is 0 Å². The number of Topliss-reactive ketones (excluding diaryl/α,β-unsaturated/α-hetero) is 1. The Balaban J connectivity index is 0.000000321. The van der Waals surface area contributed by atoms with Gasteiger partial charge in [-0.1, -0.05) is 10.4 Å². The lowest BCUT2D eigenvalue weighted by molar-refractivity contribution is -0.116. The number of aliphatic imine (C=N–C) groups is 1. The molecule has 0 unspecified atom stereocenters. The van der Waals surface area contributed by atoms with Crippen LogP contribution < -0.4 is 16.3 Å². The molecule has 0 saturated heterocycles. The number of amides is 2. The van der Waals surface area contributed by atoms with Crippen LogP contribution in [0.5, 0.6) is 0 Å². The number of aromatic nitrogens is 21. The SMILES string of the molecule is CC(=O)c1nn[nH]n1.CC1=C(C)C(=O)NC1.CC1=NCNC1=O.Cc1n[nH]c(C)n1.Cc1nn[nH]n1.Cc1nn[nH]n1.Cc1nnc(C)o1.Cn1nn[nH]c1=O. The van der Waals surface area contributed by atoms with Crippen LogP contribution in [-0.4, -0.2) is 144 Å². The van der Waals surface area contributed by atoms with E-state index >= 15 is 0 Å². The van der Waals surface area contributed by atoms with Crippen LogP contribution >= 0.6 is 0 Å². The Morgan fingerprint density at radius 1 is 0.661 bits per heavy atom. The van der Waals surface area contributed by atoms with Gasteiger partial charge in [-0.2, -0.15) is 25.4 Å². The molecule has 8 rings (SSSR count). The number of hydrogen-bond acceptors (Lipinski definition) is 21. The van der Waals surface area contributed by atoms with E-state index in [-0.39, 0.29) is 29.1 Å². The highest BCUT2D eigenvalue weighted by Gasteiger charge is 2.13. The van der Waals surface area contributed by atoms with Gasteiger partial charge in [-0.3, -0.25) is 24.5 Å². The fraction of sp³-hybridized carbons (Fsp3) is 0.481. The summed E-state index contributed by atoms with van der Waals surface area (Å²) in [4.78, 5) is 49.2. The Kier molecular flexibility index (Phi) is 21.0. The zero-order valence-corrected chi connectivity index (χ0v) is 32.6. The highest BCUT2D eigenvalue weighted by atomic mass is 16.4. The molecule has 2 amide bonds. The third kappa shape index (κ3) is 20.4. The lowest BCUT2D eigenvalue weighted by Crippen LogP contribution is -2.20. The Hall–Kier alpha value is -7.62. The number of aromatic amines is 5. The molecule has 0 aliphatic carbocycles. The molecule has 0 aromatic carbocycles. The zero-order valence-electron chi connectivity index (χ0n) is 32.6. The van der Waals surface area contributed by atoms with E-state index in [0.29, 0.717) is 35.8 Å². The average Bonchev–Trinajstić information content (AvgIpc) is 4.01. The quantitative estimate of drug-likeness (QED) is 0.0888. The van der Waals surface area contributed by atoms with Crippen LogP contribution in [0, 0.1) is 41.5 Å². The van der Waals surface area contributed by atoms with Crippen molar-refractivity contribution in [1.82, 2.24) is 118 Å². The number of nitrogens with one attached hydrogen (secondary N) is 7. The van der Waals surface area contributed by atoms with Crippen LogP contribution in [0.1, 0.15) is 73.4 Å². The molecule has 0 radical (unpaired) electrons. The molecule has 8 heterocycles. The van der Waals surface area contributed by atoms with Gasteiger partial charge in [0.05, 0.1) is 5.71 Å². The number of ketones is 1. The Morgan fingerprint density at radius 2 is 1.23 bits per heavy atom. The van der Waals surface area contributed by atoms with E-state index in [0.717, 1.165) is 34.0 Å². The number of aryl methyl sites for hydroxylation is 7. The highest BCUT2D eigenvalue weighted by Crippen LogP contribution is 2.07. The van der Waals surface area contributed by atoms with Gasteiger partial charge in [-0.25, -0.2) is 14.9 Å². The molecule has 0 spiro atoms. The van der Waals surface area contributed by atoms with Crippen LogP contribution in [0.25, 0.3) is 0 Å². The van der Waals surface area contributed by atoms with Crippen LogP contribution in [0.2, 0.25) is 0 Å². The first kappa shape index (κ1) is 46.4. The van der Waals surface area contributed by atoms with Crippen molar-refractivity contribution in [3.05, 3.63) is 62.5 Å². The normalized spacial score (nSPS) is 11.9. The van der Waals surface area contributed by atoms with E-state index in [1.807, 2.05) is 27.7 Å². The summed E-state index contributed by atoms with van der Waals surface area (Å²) in [6.45, 7) is 18.9. The molecule has 0 atom stereocenters. The summed E-state index contributed by atoms with van der Waals surface area (Å²) in [5.41, 5.74) is 2.33. The monoisotopic (exact) mass is 784 g/mol. The molecule has 2 aliphatic rings. The summed E-state index contributed by atoms with van der Waals surface area (Å²) in [6.07, 6.45) is 0. The summed E-state index contributed by atoms with van der Waals surface area (Å²) in [7, 11) is 1.52. The molecule has 6 aromatic rings. The van der Waals surface area contributed by atoms with E-state index < -0.39 is 0 Å². The summed E-state index contributed by atoms with van der Waals surface area (Å²) in [5.74, 6) is 4.27. The van der Waals surface area contributed by atoms with E-state index in [4.69, 9.17) is 4.42 Å². The predicted octanol–water partition coefficient (Wildman–Crippen LogP) is -1.98. The van der Waals surface area contributed by atoms with E-state index in [1.165, 1.54) is 14.0 Å². The minimum atomic E-state index is -0.292. The maximum absolute atomic E-state index is 10.6.